The molecule has 4 nitrogen and oxygen atoms in total. The molecule has 0 aromatic rings. The van der Waals surface area contributed by atoms with Crippen molar-refractivity contribution in [1.29, 1.82) is 0 Å². The van der Waals surface area contributed by atoms with Crippen molar-refractivity contribution in [2.45, 2.75) is 38.9 Å². The minimum Gasteiger partial charge on any atom is -0.481 e. The highest BCUT2D eigenvalue weighted by Crippen LogP contribution is 2.21. The van der Waals surface area contributed by atoms with Gasteiger partial charge in [0, 0.05) is 12.6 Å². The first-order valence-corrected chi connectivity index (χ1v) is 4.71. The lowest BCUT2D eigenvalue weighted by molar-refractivity contribution is -0.162. The van der Waals surface area contributed by atoms with E-state index in [1.807, 2.05) is 0 Å². The number of nitrogens with zero attached hydrogens (tertiary/aromatic N) is 1. The Balaban J connectivity index is 4.42. The van der Waals surface area contributed by atoms with Gasteiger partial charge in [-0.3, -0.25) is 9.59 Å². The van der Waals surface area contributed by atoms with Crippen LogP contribution in [-0.4, -0.2) is 40.6 Å². The third-order valence-electron chi connectivity index (χ3n) is 1.86. The Morgan fingerprint density at radius 1 is 1.31 bits per heavy atom. The van der Waals surface area contributed by atoms with Gasteiger partial charge >= 0.3 is 12.1 Å². The average Bonchev–Trinajstić information content (AvgIpc) is 1.98. The zero-order valence-electron chi connectivity index (χ0n) is 9.04. The maximum absolute atomic E-state index is 12.0. The Hall–Kier alpha value is -1.27. The van der Waals surface area contributed by atoms with Gasteiger partial charge in [-0.05, 0) is 13.8 Å². The molecule has 0 rings (SSSR count). The maximum Gasteiger partial charge on any atom is 0.397 e. The van der Waals surface area contributed by atoms with E-state index in [4.69, 9.17) is 5.11 Å². The molecule has 0 aliphatic heterocycles. The van der Waals surface area contributed by atoms with Crippen LogP contribution in [0.3, 0.4) is 0 Å². The molecular weight excluding hydrogens is 227 g/mol. The molecule has 94 valence electrons. The largest absolute Gasteiger partial charge is 0.481 e. The van der Waals surface area contributed by atoms with Crippen LogP contribution in [0.25, 0.3) is 0 Å². The van der Waals surface area contributed by atoms with Gasteiger partial charge in [-0.25, -0.2) is 0 Å². The van der Waals surface area contributed by atoms with E-state index < -0.39 is 30.5 Å². The fraction of sp³-hybridized carbons (Fsp3) is 0.778. The molecule has 0 heterocycles. The molecule has 0 radical (unpaired) electrons. The molecular formula is C9H14F3NO3. The van der Waals surface area contributed by atoms with Crippen LogP contribution in [0.2, 0.25) is 0 Å². The molecule has 0 saturated heterocycles. The summed E-state index contributed by atoms with van der Waals surface area (Å²) in [6.07, 6.45) is -6.47. The predicted molar refractivity (Wildman–Crippen MR) is 49.8 cm³/mol. The van der Waals surface area contributed by atoms with Crippen molar-refractivity contribution in [3.8, 4) is 0 Å². The number of hydrogen-bond donors (Lipinski definition) is 1. The van der Waals surface area contributed by atoms with Crippen molar-refractivity contribution in [2.75, 3.05) is 6.54 Å². The average molecular weight is 241 g/mol. The van der Waals surface area contributed by atoms with Crippen molar-refractivity contribution in [1.82, 2.24) is 4.90 Å². The molecule has 0 bridgehead atoms. The van der Waals surface area contributed by atoms with Crippen LogP contribution in [0.5, 0.6) is 0 Å². The summed E-state index contributed by atoms with van der Waals surface area (Å²) >= 11 is 0. The molecule has 0 atom stereocenters. The van der Waals surface area contributed by atoms with Crippen LogP contribution in [-0.2, 0) is 9.59 Å². The van der Waals surface area contributed by atoms with Gasteiger partial charge in [0.15, 0.2) is 0 Å². The van der Waals surface area contributed by atoms with Crippen molar-refractivity contribution in [3.63, 3.8) is 0 Å². The third-order valence-corrected chi connectivity index (χ3v) is 1.86. The van der Waals surface area contributed by atoms with Crippen molar-refractivity contribution in [3.05, 3.63) is 0 Å². The van der Waals surface area contributed by atoms with E-state index in [1.54, 1.807) is 0 Å². The van der Waals surface area contributed by atoms with E-state index in [9.17, 15) is 22.8 Å². The summed E-state index contributed by atoms with van der Waals surface area (Å²) in [5, 5.41) is 8.40. The topological polar surface area (TPSA) is 57.6 Å². The Kier molecular flexibility index (Phi) is 5.26. The highest BCUT2D eigenvalue weighted by atomic mass is 19.4. The third kappa shape index (κ3) is 6.26. The first-order chi connectivity index (χ1) is 7.13. The summed E-state index contributed by atoms with van der Waals surface area (Å²) in [6, 6.07) is -0.450. The number of hydrogen-bond acceptors (Lipinski definition) is 2. The number of rotatable bonds is 5. The van der Waals surface area contributed by atoms with E-state index in [0.29, 0.717) is 0 Å². The number of amides is 1. The number of aliphatic carboxylic acids is 1. The fourth-order valence-electron chi connectivity index (χ4n) is 1.16. The Morgan fingerprint density at radius 2 is 1.81 bits per heavy atom. The number of halogens is 3. The molecule has 0 fully saturated rings. The van der Waals surface area contributed by atoms with E-state index in [1.165, 1.54) is 13.8 Å². The monoisotopic (exact) mass is 241 g/mol. The van der Waals surface area contributed by atoms with Crippen LogP contribution in [0.15, 0.2) is 0 Å². The van der Waals surface area contributed by atoms with Gasteiger partial charge in [0.05, 0.1) is 6.42 Å². The quantitative estimate of drug-likeness (QED) is 0.796. The summed E-state index contributed by atoms with van der Waals surface area (Å²) in [4.78, 5) is 22.4. The number of carbonyl (C=O) groups excluding carboxylic acids is 1. The number of carboxylic acid groups (broad SMARTS) is 1. The smallest absolute Gasteiger partial charge is 0.397 e. The second-order valence-corrected chi connectivity index (χ2v) is 3.62. The van der Waals surface area contributed by atoms with Crippen LogP contribution in [0.1, 0.15) is 26.7 Å². The zero-order chi connectivity index (χ0) is 12.9. The van der Waals surface area contributed by atoms with Crippen LogP contribution in [0.4, 0.5) is 13.2 Å². The molecule has 0 aromatic heterocycles. The Morgan fingerprint density at radius 3 is 2.12 bits per heavy atom. The molecule has 0 saturated carbocycles. The molecule has 1 N–H and O–H groups in total. The Labute approximate surface area is 91.0 Å². The maximum atomic E-state index is 12.0. The Bertz CT molecular complexity index is 263. The molecule has 1 amide bonds. The zero-order valence-corrected chi connectivity index (χ0v) is 9.04. The van der Waals surface area contributed by atoms with E-state index in [2.05, 4.69) is 0 Å². The van der Waals surface area contributed by atoms with Gasteiger partial charge in [-0.2, -0.15) is 13.2 Å². The predicted octanol–water partition coefficient (Wildman–Crippen LogP) is 1.65. The van der Waals surface area contributed by atoms with Gasteiger partial charge in [0.25, 0.3) is 0 Å². The molecule has 0 unspecified atom stereocenters. The van der Waals surface area contributed by atoms with E-state index in [0.717, 1.165) is 4.90 Å². The molecule has 0 aliphatic carbocycles. The van der Waals surface area contributed by atoms with Gasteiger partial charge in [0.2, 0.25) is 5.91 Å². The van der Waals surface area contributed by atoms with Crippen molar-refractivity contribution >= 4 is 11.9 Å². The lowest BCUT2D eigenvalue weighted by Crippen LogP contribution is -2.40. The molecule has 0 aromatic carbocycles. The van der Waals surface area contributed by atoms with Crippen LogP contribution < -0.4 is 0 Å². The second-order valence-electron chi connectivity index (χ2n) is 3.62. The molecule has 0 aliphatic rings. The number of alkyl halides is 3. The summed E-state index contributed by atoms with van der Waals surface area (Å²) in [5.74, 6) is -2.24. The highest BCUT2D eigenvalue weighted by Gasteiger charge is 2.34. The fourth-order valence-corrected chi connectivity index (χ4v) is 1.16. The van der Waals surface area contributed by atoms with E-state index >= 15 is 0 Å². The second kappa shape index (κ2) is 5.72. The minimum absolute atomic E-state index is 0.206. The van der Waals surface area contributed by atoms with Gasteiger partial charge in [-0.1, -0.05) is 0 Å². The van der Waals surface area contributed by atoms with Gasteiger partial charge in [-0.15, -0.1) is 0 Å². The summed E-state index contributed by atoms with van der Waals surface area (Å²) < 4.78 is 35.9. The molecule has 0 spiro atoms. The van der Waals surface area contributed by atoms with Crippen molar-refractivity contribution < 1.29 is 27.9 Å². The van der Waals surface area contributed by atoms with Crippen molar-refractivity contribution in [2.24, 2.45) is 0 Å². The first kappa shape index (κ1) is 14.7. The standard InChI is InChI=1S/C9H14F3NO3/c1-6(2)13(4-3-8(15)16)7(14)5-9(10,11)12/h6H,3-5H2,1-2H3,(H,15,16). The van der Waals surface area contributed by atoms with Gasteiger partial charge in [0.1, 0.15) is 6.42 Å². The summed E-state index contributed by atoms with van der Waals surface area (Å²) in [5.41, 5.74) is 0. The van der Waals surface area contributed by atoms with E-state index in [-0.39, 0.29) is 13.0 Å². The van der Waals surface area contributed by atoms with Crippen LogP contribution >= 0.6 is 0 Å². The highest BCUT2D eigenvalue weighted by molar-refractivity contribution is 5.77. The molecule has 7 heteroatoms. The molecule has 16 heavy (non-hydrogen) atoms. The van der Waals surface area contributed by atoms with Crippen LogP contribution in [0, 0.1) is 0 Å². The summed E-state index contributed by atoms with van der Waals surface area (Å²) in [6.45, 7) is 2.87. The normalized spacial score (nSPS) is 11.6. The lowest BCUT2D eigenvalue weighted by atomic mass is 10.2. The SMILES string of the molecule is CC(C)N(CCC(=O)O)C(=O)CC(F)(F)F. The first-order valence-electron chi connectivity index (χ1n) is 4.71. The van der Waals surface area contributed by atoms with Gasteiger partial charge < -0.3 is 10.0 Å². The number of carbonyl (C=O) groups is 2. The lowest BCUT2D eigenvalue weighted by Gasteiger charge is -2.26. The number of carboxylic acids is 1. The summed E-state index contributed by atoms with van der Waals surface area (Å²) in [7, 11) is 0. The minimum atomic E-state index is -4.56.